The summed E-state index contributed by atoms with van der Waals surface area (Å²) in [6.07, 6.45) is 10.3. The predicted octanol–water partition coefficient (Wildman–Crippen LogP) is 6.03. The van der Waals surface area contributed by atoms with Crippen molar-refractivity contribution in [3.8, 4) is 0 Å². The second-order valence-corrected chi connectivity index (χ2v) is 10.5. The van der Waals surface area contributed by atoms with Crippen LogP contribution in [0.1, 0.15) is 52.7 Å². The first-order valence-electron chi connectivity index (χ1n) is 12.2. The number of para-hydroxylation sites is 2. The number of rotatable bonds is 7. The number of hydrogen-bond donors (Lipinski definition) is 0. The van der Waals surface area contributed by atoms with Gasteiger partial charge in [0.25, 0.3) is 0 Å². The summed E-state index contributed by atoms with van der Waals surface area (Å²) in [5.74, 6) is 0.273. The van der Waals surface area contributed by atoms with Crippen molar-refractivity contribution in [3.63, 3.8) is 0 Å². The zero-order valence-corrected chi connectivity index (χ0v) is 21.6. The standard InChI is InChI=1S/C31H35N2O2/c1-22(34)20-32-26-16-12-10-14-24(26)30(3,4)28(32)18-8-7-9-19-29-31(5,6)25-15-11-13-17-27(25)33(29)21-23(2)35/h7-19H,20-21H2,1-6H3/q+1. The van der Waals surface area contributed by atoms with Crippen molar-refractivity contribution in [1.82, 2.24) is 0 Å². The van der Waals surface area contributed by atoms with E-state index in [2.05, 4.69) is 85.7 Å². The Morgan fingerprint density at radius 1 is 0.829 bits per heavy atom. The number of anilines is 1. The van der Waals surface area contributed by atoms with E-state index in [9.17, 15) is 9.59 Å². The highest BCUT2D eigenvalue weighted by molar-refractivity contribution is 6.03. The van der Waals surface area contributed by atoms with Crippen LogP contribution in [0.3, 0.4) is 0 Å². The molecule has 0 fully saturated rings. The molecule has 4 nitrogen and oxygen atoms in total. The van der Waals surface area contributed by atoms with Crippen LogP contribution in [0.25, 0.3) is 0 Å². The van der Waals surface area contributed by atoms with Crippen LogP contribution >= 0.6 is 0 Å². The lowest BCUT2D eigenvalue weighted by molar-refractivity contribution is -0.424. The molecule has 35 heavy (non-hydrogen) atoms. The van der Waals surface area contributed by atoms with Crippen LogP contribution in [0.5, 0.6) is 0 Å². The zero-order valence-electron chi connectivity index (χ0n) is 21.6. The maximum atomic E-state index is 12.0. The third-order valence-corrected chi connectivity index (χ3v) is 7.09. The van der Waals surface area contributed by atoms with Gasteiger partial charge in [0.2, 0.25) is 12.2 Å². The quantitative estimate of drug-likeness (QED) is 0.368. The molecule has 4 heteroatoms. The SMILES string of the molecule is CC(=O)CN1\C(=C/C=C\C=C\C2=[N+](CC(C)=O)c3ccccc3C2(C)C)C(C)(C)c2ccccc21. The van der Waals surface area contributed by atoms with Gasteiger partial charge in [0, 0.05) is 41.4 Å². The van der Waals surface area contributed by atoms with Gasteiger partial charge in [0.1, 0.15) is 5.78 Å². The lowest BCUT2D eigenvalue weighted by Crippen LogP contribution is -2.29. The second-order valence-electron chi connectivity index (χ2n) is 10.5. The van der Waals surface area contributed by atoms with Gasteiger partial charge in [-0.15, -0.1) is 0 Å². The molecule has 2 aliphatic heterocycles. The van der Waals surface area contributed by atoms with Crippen LogP contribution < -0.4 is 4.90 Å². The molecular weight excluding hydrogens is 432 g/mol. The van der Waals surface area contributed by atoms with E-state index in [1.54, 1.807) is 13.8 Å². The van der Waals surface area contributed by atoms with Gasteiger partial charge < -0.3 is 4.90 Å². The van der Waals surface area contributed by atoms with Gasteiger partial charge in [0.15, 0.2) is 11.5 Å². The van der Waals surface area contributed by atoms with Crippen molar-refractivity contribution in [2.75, 3.05) is 18.0 Å². The van der Waals surface area contributed by atoms with Crippen molar-refractivity contribution in [2.45, 2.75) is 52.4 Å². The van der Waals surface area contributed by atoms with Gasteiger partial charge in [-0.1, -0.05) is 68.5 Å². The van der Waals surface area contributed by atoms with Crippen molar-refractivity contribution >= 4 is 28.7 Å². The van der Waals surface area contributed by atoms with Gasteiger partial charge >= 0.3 is 0 Å². The second kappa shape index (κ2) is 9.26. The van der Waals surface area contributed by atoms with E-state index in [-0.39, 0.29) is 22.4 Å². The number of ketones is 2. The highest BCUT2D eigenvalue weighted by Gasteiger charge is 2.44. The lowest BCUT2D eigenvalue weighted by Gasteiger charge is -2.26. The molecule has 2 heterocycles. The number of benzene rings is 2. The van der Waals surface area contributed by atoms with Crippen LogP contribution in [0.2, 0.25) is 0 Å². The zero-order chi connectivity index (χ0) is 25.4. The number of fused-ring (bicyclic) bond motifs is 2. The Bertz CT molecular complexity index is 1300. The Morgan fingerprint density at radius 3 is 2.17 bits per heavy atom. The van der Waals surface area contributed by atoms with Crippen molar-refractivity contribution in [1.29, 1.82) is 0 Å². The molecule has 4 rings (SSSR count). The fourth-order valence-electron chi connectivity index (χ4n) is 5.43. The maximum absolute atomic E-state index is 12.0. The van der Waals surface area contributed by atoms with E-state index >= 15 is 0 Å². The average Bonchev–Trinajstić information content (AvgIpc) is 3.13. The molecule has 0 aromatic heterocycles. The monoisotopic (exact) mass is 467 g/mol. The molecule has 0 amide bonds. The molecule has 0 N–H and O–H groups in total. The Labute approximate surface area is 209 Å². The van der Waals surface area contributed by atoms with Gasteiger partial charge in [-0.2, -0.15) is 4.58 Å². The summed E-state index contributed by atoms with van der Waals surface area (Å²) in [7, 11) is 0. The maximum Gasteiger partial charge on any atom is 0.210 e. The first kappa shape index (κ1) is 24.6. The summed E-state index contributed by atoms with van der Waals surface area (Å²) >= 11 is 0. The molecule has 180 valence electrons. The van der Waals surface area contributed by atoms with E-state index in [4.69, 9.17) is 0 Å². The normalized spacial score (nSPS) is 19.1. The first-order valence-corrected chi connectivity index (χ1v) is 12.2. The van der Waals surface area contributed by atoms with E-state index in [0.717, 1.165) is 22.8 Å². The van der Waals surface area contributed by atoms with Crippen molar-refractivity contribution < 1.29 is 14.2 Å². The Balaban J connectivity index is 1.65. The van der Waals surface area contributed by atoms with Crippen LogP contribution in [0.4, 0.5) is 11.4 Å². The number of nitrogens with zero attached hydrogens (tertiary/aromatic N) is 2. The smallest absolute Gasteiger partial charge is 0.210 e. The summed E-state index contributed by atoms with van der Waals surface area (Å²) in [6.45, 7) is 12.8. The fraction of sp³-hybridized carbons (Fsp3) is 0.323. The Hall–Kier alpha value is -3.53. The third kappa shape index (κ3) is 4.45. The van der Waals surface area contributed by atoms with E-state index in [1.807, 2.05) is 30.4 Å². The molecule has 0 atom stereocenters. The van der Waals surface area contributed by atoms with E-state index < -0.39 is 0 Å². The molecule has 0 radical (unpaired) electrons. The number of hydrogen-bond acceptors (Lipinski definition) is 3. The summed E-state index contributed by atoms with van der Waals surface area (Å²) in [6, 6.07) is 16.6. The Morgan fingerprint density at radius 2 is 1.49 bits per heavy atom. The minimum Gasteiger partial charge on any atom is -0.337 e. The van der Waals surface area contributed by atoms with Crippen LogP contribution in [-0.2, 0) is 20.4 Å². The molecule has 0 saturated heterocycles. The van der Waals surface area contributed by atoms with E-state index in [1.165, 1.54) is 11.1 Å². The number of carbonyl (C=O) groups is 2. The van der Waals surface area contributed by atoms with Crippen molar-refractivity contribution in [2.24, 2.45) is 0 Å². The minimum atomic E-state index is -0.192. The predicted molar refractivity (Wildman–Crippen MR) is 144 cm³/mol. The molecule has 0 bridgehead atoms. The topological polar surface area (TPSA) is 40.4 Å². The summed E-state index contributed by atoms with van der Waals surface area (Å²) in [5, 5.41) is 0. The van der Waals surface area contributed by atoms with Crippen LogP contribution in [-0.4, -0.2) is 34.9 Å². The summed E-state index contributed by atoms with van der Waals surface area (Å²) in [5.41, 5.74) is 6.50. The highest BCUT2D eigenvalue weighted by Crippen LogP contribution is 2.47. The fourth-order valence-corrected chi connectivity index (χ4v) is 5.43. The number of allylic oxidation sites excluding steroid dienone is 6. The largest absolute Gasteiger partial charge is 0.337 e. The van der Waals surface area contributed by atoms with Gasteiger partial charge in [0.05, 0.1) is 12.0 Å². The van der Waals surface area contributed by atoms with E-state index in [0.29, 0.717) is 13.1 Å². The van der Waals surface area contributed by atoms with Gasteiger partial charge in [-0.05, 0) is 38.5 Å². The molecule has 2 aromatic carbocycles. The number of Topliss-reactive ketones (excluding diaryl/α,β-unsaturated/α-hetero) is 2. The molecule has 2 aromatic rings. The summed E-state index contributed by atoms with van der Waals surface area (Å²) in [4.78, 5) is 26.2. The van der Waals surface area contributed by atoms with Gasteiger partial charge in [-0.25, -0.2) is 0 Å². The minimum absolute atomic E-state index is 0.136. The highest BCUT2D eigenvalue weighted by atomic mass is 16.1. The van der Waals surface area contributed by atoms with Crippen LogP contribution in [0.15, 0.2) is 84.6 Å². The first-order chi connectivity index (χ1) is 16.5. The summed E-state index contributed by atoms with van der Waals surface area (Å²) < 4.78 is 2.13. The third-order valence-electron chi connectivity index (χ3n) is 7.09. The molecule has 0 unspecified atom stereocenters. The molecule has 2 aliphatic rings. The molecular formula is C31H35N2O2+. The molecule has 0 aliphatic carbocycles. The van der Waals surface area contributed by atoms with Gasteiger partial charge in [-0.3, -0.25) is 9.59 Å². The van der Waals surface area contributed by atoms with Crippen LogP contribution in [0, 0.1) is 0 Å². The Kier molecular flexibility index (Phi) is 6.50. The molecule has 0 saturated carbocycles. The average molecular weight is 468 g/mol. The lowest BCUT2D eigenvalue weighted by atomic mass is 9.81. The molecule has 0 spiro atoms. The van der Waals surface area contributed by atoms with Crippen molar-refractivity contribution in [3.05, 3.63) is 95.7 Å². The number of carbonyl (C=O) groups excluding carboxylic acids is 2.